The SMILES string of the molecule is COCCOCCOCCOCCOCCOCCOCCOCCOCCOCC(=O)NCCCC[C@H](NC(=O)OCc1ccccc1)C(=O)N[C@H](C(=O)N[C@@H](C)C(=O)Nc1cc(C[C@@H](CCC(=O)OC(C)(C)C)NC(=O)OC(C)(C)C)ccc1O)C(C)C. The van der Waals surface area contributed by atoms with Crippen molar-refractivity contribution in [3.63, 3.8) is 0 Å². The molecule has 0 aliphatic heterocycles. The van der Waals surface area contributed by atoms with Crippen molar-refractivity contribution in [2.24, 2.45) is 5.92 Å². The van der Waals surface area contributed by atoms with E-state index in [9.17, 15) is 38.7 Å². The van der Waals surface area contributed by atoms with Gasteiger partial charge >= 0.3 is 18.2 Å². The van der Waals surface area contributed by atoms with Crippen LogP contribution in [0, 0.1) is 5.92 Å². The number of esters is 1. The van der Waals surface area contributed by atoms with Gasteiger partial charge in [-0.15, -0.1) is 0 Å². The number of ether oxygens (including phenoxy) is 13. The average Bonchev–Trinajstić information content (AvgIpc) is 2.29. The van der Waals surface area contributed by atoms with Crippen LogP contribution in [0.15, 0.2) is 48.5 Å². The molecule has 0 saturated carbocycles. The zero-order chi connectivity index (χ0) is 66.4. The highest BCUT2D eigenvalue weighted by molar-refractivity contribution is 5.99. The second-order valence-electron chi connectivity index (χ2n) is 23.0. The number of alkyl carbamates (subject to hydrolysis) is 2. The van der Waals surface area contributed by atoms with Crippen molar-refractivity contribution in [1.82, 2.24) is 26.6 Å². The second-order valence-corrected chi connectivity index (χ2v) is 23.0. The number of amides is 6. The largest absolute Gasteiger partial charge is 0.506 e. The van der Waals surface area contributed by atoms with E-state index in [-0.39, 0.29) is 76.0 Å². The molecule has 0 aromatic heterocycles. The van der Waals surface area contributed by atoms with Crippen molar-refractivity contribution >= 4 is 47.5 Å². The number of hydrogen-bond acceptors (Lipinski definition) is 21. The Balaban J connectivity index is 1.77. The number of aromatic hydroxyl groups is 1. The van der Waals surface area contributed by atoms with Crippen LogP contribution in [0.5, 0.6) is 5.75 Å². The summed E-state index contributed by atoms with van der Waals surface area (Å²) in [6.07, 6.45) is -0.297. The second kappa shape index (κ2) is 47.6. The van der Waals surface area contributed by atoms with E-state index in [4.69, 9.17) is 61.6 Å². The van der Waals surface area contributed by atoms with Gasteiger partial charge < -0.3 is 98.6 Å². The Morgan fingerprint density at radius 2 is 1.03 bits per heavy atom. The van der Waals surface area contributed by atoms with E-state index >= 15 is 0 Å². The molecule has 0 heterocycles. The molecule has 6 amide bonds. The molecule has 0 aliphatic rings. The van der Waals surface area contributed by atoms with Gasteiger partial charge in [0, 0.05) is 26.1 Å². The van der Waals surface area contributed by atoms with Crippen molar-refractivity contribution in [2.45, 2.75) is 143 Å². The molecule has 2 aromatic carbocycles. The van der Waals surface area contributed by atoms with Crippen molar-refractivity contribution in [3.8, 4) is 5.75 Å². The maximum atomic E-state index is 13.9. The van der Waals surface area contributed by atoms with E-state index in [0.29, 0.717) is 124 Å². The van der Waals surface area contributed by atoms with Crippen LogP contribution >= 0.6 is 0 Å². The van der Waals surface area contributed by atoms with Gasteiger partial charge in [-0.3, -0.25) is 24.0 Å². The maximum absolute atomic E-state index is 13.9. The highest BCUT2D eigenvalue weighted by atomic mass is 16.6. The summed E-state index contributed by atoms with van der Waals surface area (Å²) >= 11 is 0. The predicted octanol–water partition coefficient (Wildman–Crippen LogP) is 4.91. The lowest BCUT2D eigenvalue weighted by Crippen LogP contribution is -2.57. The van der Waals surface area contributed by atoms with E-state index < -0.39 is 77.2 Å². The van der Waals surface area contributed by atoms with Gasteiger partial charge in [0.1, 0.15) is 48.3 Å². The molecule has 0 unspecified atom stereocenters. The minimum Gasteiger partial charge on any atom is -0.506 e. The number of phenolic OH excluding ortho intramolecular Hbond substituents is 1. The summed E-state index contributed by atoms with van der Waals surface area (Å²) in [6, 6.07) is 9.33. The molecule has 512 valence electrons. The van der Waals surface area contributed by atoms with Crippen molar-refractivity contribution in [1.29, 1.82) is 0 Å². The number of carbonyl (C=O) groups is 7. The van der Waals surface area contributed by atoms with Crippen LogP contribution < -0.4 is 31.9 Å². The number of hydrogen-bond donors (Lipinski definition) is 7. The van der Waals surface area contributed by atoms with Crippen molar-refractivity contribution in [2.75, 3.05) is 145 Å². The van der Waals surface area contributed by atoms with Crippen LogP contribution in [0.1, 0.15) is 106 Å². The standard InChI is InChI=1S/C63H104N6O21/c1-46(2)56(59(75)65-47(3)57(73)67-52-43-49(19-21-53(52)70)42-50(66-61(77)90-63(7,8)9)20-22-55(72)89-62(4,5)6)69-58(74)51(68-60(76)88-44-48-16-12-11-13-17-48)18-14-15-23-64-54(71)45-87-41-40-86-39-38-85-37-36-84-35-34-83-33-32-82-31-30-81-29-28-80-27-26-79-25-24-78-10/h11-13,16-17,19,21,43,46-47,50-51,56,70H,14-15,18,20,22-42,44-45H2,1-10H3,(H,64,71)(H,65,75)(H,66,77)(H,67,73)(H,68,76)(H,69,74)/t47-,50+,51-,56-/m0/s1. The van der Waals surface area contributed by atoms with Gasteiger partial charge in [0.25, 0.3) is 0 Å². The van der Waals surface area contributed by atoms with Crippen LogP contribution in [0.2, 0.25) is 0 Å². The molecule has 90 heavy (non-hydrogen) atoms. The van der Waals surface area contributed by atoms with Gasteiger partial charge in [0.05, 0.1) is 125 Å². The van der Waals surface area contributed by atoms with Crippen LogP contribution in [-0.2, 0) is 98.6 Å². The molecule has 7 N–H and O–H groups in total. The van der Waals surface area contributed by atoms with Gasteiger partial charge in [-0.1, -0.05) is 50.2 Å². The topological polar surface area (TPSA) is 332 Å². The number of methoxy groups -OCH3 is 1. The first-order chi connectivity index (χ1) is 43.0. The quantitative estimate of drug-likeness (QED) is 0.0200. The number of benzene rings is 2. The number of unbranched alkanes of at least 4 members (excludes halogenated alkanes) is 1. The van der Waals surface area contributed by atoms with E-state index in [1.165, 1.54) is 19.1 Å². The Hall–Kier alpha value is -6.27. The molecular weight excluding hydrogens is 1180 g/mol. The predicted molar refractivity (Wildman–Crippen MR) is 333 cm³/mol. The zero-order valence-corrected chi connectivity index (χ0v) is 54.7. The van der Waals surface area contributed by atoms with Gasteiger partial charge in [-0.2, -0.15) is 0 Å². The molecule has 2 aromatic rings. The van der Waals surface area contributed by atoms with E-state index in [2.05, 4.69) is 31.9 Å². The Morgan fingerprint density at radius 1 is 0.522 bits per heavy atom. The van der Waals surface area contributed by atoms with Gasteiger partial charge in [-0.25, -0.2) is 9.59 Å². The van der Waals surface area contributed by atoms with Crippen LogP contribution in [-0.4, -0.2) is 221 Å². The first-order valence-corrected chi connectivity index (χ1v) is 30.8. The first-order valence-electron chi connectivity index (χ1n) is 30.8. The molecule has 0 bridgehead atoms. The van der Waals surface area contributed by atoms with Gasteiger partial charge in [-0.05, 0) is 110 Å². The summed E-state index contributed by atoms with van der Waals surface area (Å²) in [5.41, 5.74) is -0.172. The van der Waals surface area contributed by atoms with Crippen LogP contribution in [0.4, 0.5) is 15.3 Å². The smallest absolute Gasteiger partial charge is 0.408 e. The fourth-order valence-electron chi connectivity index (χ4n) is 7.87. The Bertz CT molecular complexity index is 2320. The van der Waals surface area contributed by atoms with Crippen molar-refractivity contribution in [3.05, 3.63) is 59.7 Å². The van der Waals surface area contributed by atoms with Crippen LogP contribution in [0.3, 0.4) is 0 Å². The number of carbonyl (C=O) groups excluding carboxylic acids is 7. The molecule has 4 atom stereocenters. The molecule has 0 fully saturated rings. The highest BCUT2D eigenvalue weighted by Gasteiger charge is 2.31. The third-order valence-electron chi connectivity index (χ3n) is 12.3. The van der Waals surface area contributed by atoms with E-state index in [1.54, 1.807) is 92.8 Å². The summed E-state index contributed by atoms with van der Waals surface area (Å²) in [5, 5.41) is 27.0. The normalized spacial score (nSPS) is 12.9. The Kier molecular flexibility index (Phi) is 42.2. The van der Waals surface area contributed by atoms with Gasteiger partial charge in [0.15, 0.2) is 0 Å². The van der Waals surface area contributed by atoms with Crippen molar-refractivity contribution < 1.29 is 100 Å². The van der Waals surface area contributed by atoms with E-state index in [1.807, 2.05) is 6.07 Å². The summed E-state index contributed by atoms with van der Waals surface area (Å²) < 4.78 is 70.4. The molecule has 27 heteroatoms. The summed E-state index contributed by atoms with van der Waals surface area (Å²) in [7, 11) is 1.63. The molecule has 2 rings (SSSR count). The zero-order valence-electron chi connectivity index (χ0n) is 54.7. The summed E-state index contributed by atoms with van der Waals surface area (Å²) in [5.74, 6) is -3.65. The average molecular weight is 1280 g/mol. The summed E-state index contributed by atoms with van der Waals surface area (Å²) in [4.78, 5) is 92.3. The third kappa shape index (κ3) is 41.9. The molecule has 0 spiro atoms. The summed E-state index contributed by atoms with van der Waals surface area (Å²) in [6.45, 7) is 23.0. The lowest BCUT2D eigenvalue weighted by molar-refractivity contribution is -0.155. The number of rotatable bonds is 50. The minimum absolute atomic E-state index is 0.00934. The first kappa shape index (κ1) is 79.8. The molecule has 0 radical (unpaired) electrons. The van der Waals surface area contributed by atoms with Gasteiger partial charge in [0.2, 0.25) is 23.6 Å². The number of anilines is 1. The molecule has 0 saturated heterocycles. The van der Waals surface area contributed by atoms with Crippen LogP contribution in [0.25, 0.3) is 0 Å². The Labute approximate surface area is 531 Å². The number of phenols is 1. The van der Waals surface area contributed by atoms with E-state index in [0.717, 1.165) is 5.56 Å². The fraction of sp³-hybridized carbons (Fsp3) is 0.698. The number of nitrogens with one attached hydrogen (secondary N) is 6. The lowest BCUT2D eigenvalue weighted by atomic mass is 10.0. The third-order valence-corrected chi connectivity index (χ3v) is 12.3. The Morgan fingerprint density at radius 3 is 1.53 bits per heavy atom. The molecule has 27 nitrogen and oxygen atoms in total. The fourth-order valence-corrected chi connectivity index (χ4v) is 7.87. The maximum Gasteiger partial charge on any atom is 0.408 e. The monoisotopic (exact) mass is 1280 g/mol. The highest BCUT2D eigenvalue weighted by Crippen LogP contribution is 2.26. The molecule has 0 aliphatic carbocycles. The molecular formula is C63H104N6O21. The minimum atomic E-state index is -1.18. The lowest BCUT2D eigenvalue weighted by Gasteiger charge is -2.26.